The zero-order chi connectivity index (χ0) is 26.3. The first-order valence-corrected chi connectivity index (χ1v) is 13.0. The fourth-order valence-corrected chi connectivity index (χ4v) is 4.08. The lowest BCUT2D eigenvalue weighted by atomic mass is 9.92. The Bertz CT molecular complexity index is 1170. The van der Waals surface area contributed by atoms with Gasteiger partial charge in [0.05, 0.1) is 11.4 Å². The number of aromatic nitrogens is 2. The number of hydrogen-bond acceptors (Lipinski definition) is 3. The summed E-state index contributed by atoms with van der Waals surface area (Å²) < 4.78 is 1.79. The van der Waals surface area contributed by atoms with Gasteiger partial charge in [-0.15, -0.1) is 0 Å². The van der Waals surface area contributed by atoms with Crippen molar-refractivity contribution in [2.45, 2.75) is 72.6 Å². The zero-order valence-electron chi connectivity index (χ0n) is 22.6. The molecule has 0 spiro atoms. The second-order valence-corrected chi connectivity index (χ2v) is 10.4. The molecular formula is C30H40N4O2. The number of hydrogen-bond donors (Lipinski definition) is 1. The number of benzene rings is 2. The van der Waals surface area contributed by atoms with Gasteiger partial charge in [0, 0.05) is 23.6 Å². The topological polar surface area (TPSA) is 67.2 Å². The van der Waals surface area contributed by atoms with E-state index in [1.165, 1.54) is 5.56 Å². The molecule has 0 fully saturated rings. The molecule has 0 unspecified atom stereocenters. The van der Waals surface area contributed by atoms with Crippen molar-refractivity contribution in [1.29, 1.82) is 0 Å². The minimum Gasteiger partial charge on any atom is -0.329 e. The van der Waals surface area contributed by atoms with Crippen molar-refractivity contribution in [2.24, 2.45) is 0 Å². The number of para-hydroxylation sites is 1. The van der Waals surface area contributed by atoms with E-state index in [1.807, 2.05) is 68.4 Å². The number of anilines is 1. The van der Waals surface area contributed by atoms with Crippen LogP contribution in [0.4, 0.5) is 5.82 Å². The maximum Gasteiger partial charge on any atom is 0.254 e. The number of unbranched alkanes of at least 4 members (excludes halogenated alkanes) is 1. The lowest BCUT2D eigenvalue weighted by Gasteiger charge is -2.22. The van der Waals surface area contributed by atoms with Crippen molar-refractivity contribution in [3.05, 3.63) is 77.0 Å². The quantitative estimate of drug-likeness (QED) is 0.363. The Hall–Kier alpha value is -3.41. The standard InChI is InChI=1S/C30H40N4O2/c1-7-9-13-23-15-17-24(18-16-23)29(36)33(19-8-2)21-28(35)31-27-20-26(30(4,5)6)32-34(27)25-14-11-10-12-22(25)3/h10-12,14-18,20H,7-9,13,19,21H2,1-6H3,(H,31,35). The largest absolute Gasteiger partial charge is 0.329 e. The molecule has 0 radical (unpaired) electrons. The Morgan fingerprint density at radius 3 is 2.31 bits per heavy atom. The van der Waals surface area contributed by atoms with E-state index < -0.39 is 0 Å². The normalized spacial score (nSPS) is 11.4. The van der Waals surface area contributed by atoms with Gasteiger partial charge in [0.25, 0.3) is 5.91 Å². The summed E-state index contributed by atoms with van der Waals surface area (Å²) in [7, 11) is 0. The van der Waals surface area contributed by atoms with Crippen molar-refractivity contribution >= 4 is 17.6 Å². The first kappa shape index (κ1) is 27.2. The van der Waals surface area contributed by atoms with Crippen LogP contribution in [0.15, 0.2) is 54.6 Å². The van der Waals surface area contributed by atoms with Crippen LogP contribution in [0.25, 0.3) is 5.69 Å². The van der Waals surface area contributed by atoms with Gasteiger partial charge in [0.15, 0.2) is 0 Å². The van der Waals surface area contributed by atoms with Crippen molar-refractivity contribution in [1.82, 2.24) is 14.7 Å². The summed E-state index contributed by atoms with van der Waals surface area (Å²) in [6.07, 6.45) is 4.05. The summed E-state index contributed by atoms with van der Waals surface area (Å²) in [5, 5.41) is 7.84. The molecule has 2 aromatic carbocycles. The summed E-state index contributed by atoms with van der Waals surface area (Å²) >= 11 is 0. The van der Waals surface area contributed by atoms with Gasteiger partial charge in [0.2, 0.25) is 5.91 Å². The fraction of sp³-hybridized carbons (Fsp3) is 0.433. The van der Waals surface area contributed by atoms with Crippen molar-refractivity contribution in [3.8, 4) is 5.69 Å². The van der Waals surface area contributed by atoms with E-state index in [2.05, 4.69) is 33.0 Å². The number of amides is 2. The van der Waals surface area contributed by atoms with Crippen LogP contribution in [-0.2, 0) is 16.6 Å². The number of rotatable bonds is 10. The highest BCUT2D eigenvalue weighted by Gasteiger charge is 2.23. The smallest absolute Gasteiger partial charge is 0.254 e. The van der Waals surface area contributed by atoms with Crippen LogP contribution < -0.4 is 5.32 Å². The third-order valence-corrected chi connectivity index (χ3v) is 6.22. The van der Waals surface area contributed by atoms with Gasteiger partial charge < -0.3 is 10.2 Å². The SMILES string of the molecule is CCCCc1ccc(C(=O)N(CCC)CC(=O)Nc2cc(C(C)(C)C)nn2-c2ccccc2C)cc1. The molecule has 0 aliphatic carbocycles. The average molecular weight is 489 g/mol. The minimum absolute atomic E-state index is 0.0198. The van der Waals surface area contributed by atoms with E-state index in [0.29, 0.717) is 17.9 Å². The highest BCUT2D eigenvalue weighted by molar-refractivity contribution is 5.99. The summed E-state index contributed by atoms with van der Waals surface area (Å²) in [5.74, 6) is 0.229. The molecule has 0 aliphatic rings. The lowest BCUT2D eigenvalue weighted by Crippen LogP contribution is -2.38. The van der Waals surface area contributed by atoms with E-state index >= 15 is 0 Å². The summed E-state index contributed by atoms with van der Waals surface area (Å²) in [5.41, 5.74) is 4.50. The van der Waals surface area contributed by atoms with Gasteiger partial charge in [-0.3, -0.25) is 9.59 Å². The molecule has 0 saturated heterocycles. The van der Waals surface area contributed by atoms with E-state index in [4.69, 9.17) is 5.10 Å². The number of nitrogens with one attached hydrogen (secondary N) is 1. The zero-order valence-corrected chi connectivity index (χ0v) is 22.6. The Morgan fingerprint density at radius 2 is 1.69 bits per heavy atom. The third-order valence-electron chi connectivity index (χ3n) is 6.22. The van der Waals surface area contributed by atoms with Crippen LogP contribution in [0, 0.1) is 6.92 Å². The Balaban J connectivity index is 1.80. The number of nitrogens with zero attached hydrogens (tertiary/aromatic N) is 3. The van der Waals surface area contributed by atoms with Crippen LogP contribution in [0.5, 0.6) is 0 Å². The molecule has 0 saturated carbocycles. The van der Waals surface area contributed by atoms with Crippen LogP contribution in [0.1, 0.15) is 81.1 Å². The highest BCUT2D eigenvalue weighted by Crippen LogP contribution is 2.27. The molecule has 1 aromatic heterocycles. The summed E-state index contributed by atoms with van der Waals surface area (Å²) in [6, 6.07) is 17.6. The van der Waals surface area contributed by atoms with Crippen LogP contribution >= 0.6 is 0 Å². The molecular weight excluding hydrogens is 448 g/mol. The Morgan fingerprint density at radius 1 is 1.00 bits per heavy atom. The van der Waals surface area contributed by atoms with Gasteiger partial charge in [-0.2, -0.15) is 5.10 Å². The molecule has 1 N–H and O–H groups in total. The molecule has 3 aromatic rings. The number of carbonyl (C=O) groups excluding carboxylic acids is 2. The van der Waals surface area contributed by atoms with Gasteiger partial charge in [0.1, 0.15) is 12.4 Å². The fourth-order valence-electron chi connectivity index (χ4n) is 4.08. The molecule has 192 valence electrons. The first-order chi connectivity index (χ1) is 17.1. The van der Waals surface area contributed by atoms with E-state index in [-0.39, 0.29) is 23.8 Å². The Labute approximate surface area is 215 Å². The third kappa shape index (κ3) is 6.84. The number of aryl methyl sites for hydroxylation is 2. The Kier molecular flexibility index (Phi) is 9.08. The monoisotopic (exact) mass is 488 g/mol. The molecule has 6 heteroatoms. The van der Waals surface area contributed by atoms with Crippen molar-refractivity contribution in [3.63, 3.8) is 0 Å². The van der Waals surface area contributed by atoms with E-state index in [1.54, 1.807) is 9.58 Å². The van der Waals surface area contributed by atoms with E-state index in [9.17, 15) is 9.59 Å². The second kappa shape index (κ2) is 12.0. The maximum atomic E-state index is 13.2. The van der Waals surface area contributed by atoms with Crippen LogP contribution in [-0.4, -0.2) is 39.6 Å². The van der Waals surface area contributed by atoms with Gasteiger partial charge in [-0.1, -0.05) is 71.4 Å². The molecule has 0 aliphatic heterocycles. The molecule has 1 heterocycles. The average Bonchev–Trinajstić information content (AvgIpc) is 3.26. The van der Waals surface area contributed by atoms with Crippen LogP contribution in [0.3, 0.4) is 0 Å². The maximum absolute atomic E-state index is 13.2. The first-order valence-electron chi connectivity index (χ1n) is 13.0. The molecule has 6 nitrogen and oxygen atoms in total. The van der Waals surface area contributed by atoms with Gasteiger partial charge >= 0.3 is 0 Å². The molecule has 0 atom stereocenters. The highest BCUT2D eigenvalue weighted by atomic mass is 16.2. The van der Waals surface area contributed by atoms with Gasteiger partial charge in [-0.05, 0) is 55.5 Å². The predicted octanol–water partition coefficient (Wildman–Crippen LogP) is 6.31. The van der Waals surface area contributed by atoms with E-state index in [0.717, 1.165) is 42.6 Å². The molecule has 2 amide bonds. The molecule has 36 heavy (non-hydrogen) atoms. The number of carbonyl (C=O) groups is 2. The lowest BCUT2D eigenvalue weighted by molar-refractivity contribution is -0.116. The molecule has 0 bridgehead atoms. The second-order valence-electron chi connectivity index (χ2n) is 10.4. The minimum atomic E-state index is -0.244. The summed E-state index contributed by atoms with van der Waals surface area (Å²) in [4.78, 5) is 28.1. The van der Waals surface area contributed by atoms with Gasteiger partial charge in [-0.25, -0.2) is 4.68 Å². The van der Waals surface area contributed by atoms with Crippen LogP contribution in [0.2, 0.25) is 0 Å². The predicted molar refractivity (Wildman–Crippen MR) is 147 cm³/mol. The van der Waals surface area contributed by atoms with Crippen molar-refractivity contribution in [2.75, 3.05) is 18.4 Å². The van der Waals surface area contributed by atoms with Crippen molar-refractivity contribution < 1.29 is 9.59 Å². The summed E-state index contributed by atoms with van der Waals surface area (Å²) in [6.45, 7) is 13.0. The molecule has 3 rings (SSSR count).